The van der Waals surface area contributed by atoms with E-state index < -0.39 is 11.8 Å². The molecule has 0 aromatic heterocycles. The lowest BCUT2D eigenvalue weighted by molar-refractivity contribution is -0.0378. The van der Waals surface area contributed by atoms with Gasteiger partial charge in [-0.1, -0.05) is 43.5 Å². The van der Waals surface area contributed by atoms with E-state index in [2.05, 4.69) is 0 Å². The first kappa shape index (κ1) is 13.5. The van der Waals surface area contributed by atoms with E-state index in [-0.39, 0.29) is 5.06 Å². The van der Waals surface area contributed by atoms with Gasteiger partial charge in [0.15, 0.2) is 0 Å². The molecule has 0 atom stereocenters. The Balaban J connectivity index is 2.02. The van der Waals surface area contributed by atoms with Crippen LogP contribution in [0.2, 0.25) is 0 Å². The van der Waals surface area contributed by atoms with Gasteiger partial charge in [-0.15, -0.1) is 5.06 Å². The molecule has 0 saturated heterocycles. The molecule has 22 heavy (non-hydrogen) atoms. The summed E-state index contributed by atoms with van der Waals surface area (Å²) in [7, 11) is 0. The van der Waals surface area contributed by atoms with Crippen LogP contribution in [-0.2, 0) is 0 Å². The maximum Gasteiger partial charge on any atom is 0.285 e. The van der Waals surface area contributed by atoms with Crippen molar-refractivity contribution in [1.29, 1.82) is 0 Å². The number of hydroxylamine groups is 2. The third kappa shape index (κ3) is 1.80. The summed E-state index contributed by atoms with van der Waals surface area (Å²) in [6.07, 6.45) is 5.70. The maximum absolute atomic E-state index is 12.5. The quantitative estimate of drug-likeness (QED) is 0.641. The molecule has 0 spiro atoms. The number of carbonyl (C=O) groups is 2. The average Bonchev–Trinajstić information content (AvgIpc) is 2.58. The maximum atomic E-state index is 12.5. The van der Waals surface area contributed by atoms with Crippen molar-refractivity contribution >= 4 is 22.6 Å². The Morgan fingerprint density at radius 1 is 0.955 bits per heavy atom. The second-order valence-electron chi connectivity index (χ2n) is 6.19. The molecule has 1 N–H and O–H groups in total. The zero-order chi connectivity index (χ0) is 15.3. The van der Waals surface area contributed by atoms with Crippen molar-refractivity contribution in [3.63, 3.8) is 0 Å². The molecule has 4 nitrogen and oxygen atoms in total. The predicted molar refractivity (Wildman–Crippen MR) is 82.1 cm³/mol. The molecule has 1 aliphatic carbocycles. The van der Waals surface area contributed by atoms with E-state index in [1.54, 1.807) is 12.1 Å². The molecule has 112 valence electrons. The molecule has 0 unspecified atom stereocenters. The van der Waals surface area contributed by atoms with E-state index in [0.717, 1.165) is 23.8 Å². The lowest BCUT2D eigenvalue weighted by Crippen LogP contribution is -2.38. The molecule has 4 heteroatoms. The second kappa shape index (κ2) is 4.92. The molecule has 2 amide bonds. The van der Waals surface area contributed by atoms with Gasteiger partial charge in [0, 0.05) is 5.39 Å². The van der Waals surface area contributed by atoms with Gasteiger partial charge < -0.3 is 0 Å². The number of hydrogen-bond donors (Lipinski definition) is 1. The summed E-state index contributed by atoms with van der Waals surface area (Å²) in [6.45, 7) is 0. The normalized spacial score (nSPS) is 19.0. The van der Waals surface area contributed by atoms with Gasteiger partial charge in [0.2, 0.25) is 0 Å². The summed E-state index contributed by atoms with van der Waals surface area (Å²) in [5.74, 6) is -0.884. The molecule has 4 rings (SSSR count). The fraction of sp³-hybridized carbons (Fsp3) is 0.333. The third-order valence-electron chi connectivity index (χ3n) is 4.95. The van der Waals surface area contributed by atoms with Crippen molar-refractivity contribution in [3.05, 3.63) is 47.0 Å². The molecule has 2 aromatic rings. The van der Waals surface area contributed by atoms with E-state index in [0.29, 0.717) is 22.4 Å². The van der Waals surface area contributed by atoms with Crippen LogP contribution in [0.4, 0.5) is 0 Å². The van der Waals surface area contributed by atoms with Crippen LogP contribution in [0.15, 0.2) is 30.3 Å². The highest BCUT2D eigenvalue weighted by molar-refractivity contribution is 6.25. The van der Waals surface area contributed by atoms with Crippen molar-refractivity contribution in [2.24, 2.45) is 0 Å². The second-order valence-corrected chi connectivity index (χ2v) is 6.19. The first-order valence-electron chi connectivity index (χ1n) is 7.82. The Bertz CT molecular complexity index is 790. The van der Waals surface area contributed by atoms with Crippen LogP contribution < -0.4 is 0 Å². The standard InChI is InChI=1S/C18H17NO3/c20-17-14-8-4-7-12-9-10-13(11-5-2-1-3-6-11)16(15(12)14)18(21)19(17)22/h4,7-11,22H,1-3,5-6H2. The fourth-order valence-corrected chi connectivity index (χ4v) is 3.87. The van der Waals surface area contributed by atoms with E-state index in [4.69, 9.17) is 0 Å². The molecular weight excluding hydrogens is 278 g/mol. The van der Waals surface area contributed by atoms with Gasteiger partial charge in [0.1, 0.15) is 0 Å². The van der Waals surface area contributed by atoms with Gasteiger partial charge in [-0.2, -0.15) is 0 Å². The van der Waals surface area contributed by atoms with Crippen LogP contribution in [-0.4, -0.2) is 22.1 Å². The molecule has 1 fully saturated rings. The number of imide groups is 1. The predicted octanol–water partition coefficient (Wildman–Crippen LogP) is 3.87. The molecule has 0 radical (unpaired) electrons. The number of nitrogens with zero attached hydrogens (tertiary/aromatic N) is 1. The molecule has 0 bridgehead atoms. The minimum absolute atomic E-state index is 0.267. The SMILES string of the molecule is O=C1c2cccc3ccc(C4CCCCC4)c(c23)C(=O)N1O. The lowest BCUT2D eigenvalue weighted by Gasteiger charge is -2.28. The van der Waals surface area contributed by atoms with Crippen LogP contribution >= 0.6 is 0 Å². The van der Waals surface area contributed by atoms with Crippen molar-refractivity contribution in [2.45, 2.75) is 38.0 Å². The smallest absolute Gasteiger partial charge is 0.278 e. The summed E-state index contributed by atoms with van der Waals surface area (Å²) < 4.78 is 0. The Kier molecular flexibility index (Phi) is 3.01. The van der Waals surface area contributed by atoms with Gasteiger partial charge >= 0.3 is 0 Å². The Morgan fingerprint density at radius 3 is 2.50 bits per heavy atom. The zero-order valence-corrected chi connectivity index (χ0v) is 12.2. The number of carbonyl (C=O) groups excluding carboxylic acids is 2. The number of benzene rings is 2. The van der Waals surface area contributed by atoms with Crippen LogP contribution in [0.5, 0.6) is 0 Å². The molecule has 2 aromatic carbocycles. The molecular formula is C18H17NO3. The zero-order valence-electron chi connectivity index (χ0n) is 12.2. The Hall–Kier alpha value is -2.20. The van der Waals surface area contributed by atoms with E-state index in [1.807, 2.05) is 18.2 Å². The number of hydrogen-bond acceptors (Lipinski definition) is 3. The lowest BCUT2D eigenvalue weighted by atomic mass is 9.79. The van der Waals surface area contributed by atoms with Crippen molar-refractivity contribution in [1.82, 2.24) is 5.06 Å². The van der Waals surface area contributed by atoms with E-state index in [1.165, 1.54) is 19.3 Å². The van der Waals surface area contributed by atoms with E-state index >= 15 is 0 Å². The largest absolute Gasteiger partial charge is 0.285 e. The number of amides is 2. The molecule has 2 aliphatic rings. The highest BCUT2D eigenvalue weighted by Crippen LogP contribution is 2.39. The molecule has 1 aliphatic heterocycles. The van der Waals surface area contributed by atoms with Gasteiger partial charge in [-0.3, -0.25) is 14.8 Å². The van der Waals surface area contributed by atoms with Gasteiger partial charge in [-0.25, -0.2) is 0 Å². The first-order chi connectivity index (χ1) is 10.7. The van der Waals surface area contributed by atoms with Crippen LogP contribution in [0.25, 0.3) is 10.8 Å². The summed E-state index contributed by atoms with van der Waals surface area (Å²) >= 11 is 0. The van der Waals surface area contributed by atoms with E-state index in [9.17, 15) is 14.8 Å². The first-order valence-corrected chi connectivity index (χ1v) is 7.82. The van der Waals surface area contributed by atoms with Crippen LogP contribution in [0.1, 0.15) is 64.3 Å². The highest BCUT2D eigenvalue weighted by atomic mass is 16.5. The van der Waals surface area contributed by atoms with Gasteiger partial charge in [0.05, 0.1) is 11.1 Å². The topological polar surface area (TPSA) is 57.6 Å². The van der Waals surface area contributed by atoms with Gasteiger partial charge in [0.25, 0.3) is 11.8 Å². The van der Waals surface area contributed by atoms with Crippen LogP contribution in [0, 0.1) is 0 Å². The summed E-state index contributed by atoms with van der Waals surface area (Å²) in [5.41, 5.74) is 1.91. The molecule has 1 heterocycles. The van der Waals surface area contributed by atoms with Crippen molar-refractivity contribution in [3.8, 4) is 0 Å². The highest BCUT2D eigenvalue weighted by Gasteiger charge is 2.35. The monoisotopic (exact) mass is 295 g/mol. The average molecular weight is 295 g/mol. The number of rotatable bonds is 1. The summed E-state index contributed by atoms with van der Waals surface area (Å²) in [5, 5.41) is 11.7. The fourth-order valence-electron chi connectivity index (χ4n) is 3.87. The van der Waals surface area contributed by atoms with Crippen molar-refractivity contribution < 1.29 is 14.8 Å². The molecule has 1 saturated carbocycles. The Labute approximate surface area is 128 Å². The Morgan fingerprint density at radius 2 is 1.73 bits per heavy atom. The van der Waals surface area contributed by atoms with Crippen molar-refractivity contribution in [2.75, 3.05) is 0 Å². The summed E-state index contributed by atoms with van der Waals surface area (Å²) in [4.78, 5) is 24.7. The minimum Gasteiger partial charge on any atom is -0.278 e. The van der Waals surface area contributed by atoms with Crippen LogP contribution in [0.3, 0.4) is 0 Å². The summed E-state index contributed by atoms with van der Waals surface area (Å²) in [6, 6.07) is 9.34. The minimum atomic E-state index is -0.635. The van der Waals surface area contributed by atoms with Gasteiger partial charge in [-0.05, 0) is 35.8 Å². The third-order valence-corrected chi connectivity index (χ3v) is 4.95.